The van der Waals surface area contributed by atoms with Crippen molar-refractivity contribution in [1.29, 1.82) is 10.5 Å². The molecule has 2 atom stereocenters. The molecule has 2 aliphatic rings. The van der Waals surface area contributed by atoms with Crippen molar-refractivity contribution < 1.29 is 52.1 Å². The Kier molecular flexibility index (Phi) is 30.1. The highest BCUT2D eigenvalue weighted by Gasteiger charge is 2.30. The maximum Gasteiger partial charge on any atom is 0.407 e. The summed E-state index contributed by atoms with van der Waals surface area (Å²) in [6.45, 7) is 14.6. The number of carbonyl (C=O) groups is 6. The molecular formula is C70H85ClF2N12O9. The van der Waals surface area contributed by atoms with Crippen LogP contribution in [0.25, 0.3) is 22.5 Å². The van der Waals surface area contributed by atoms with E-state index in [1.807, 2.05) is 30.3 Å². The fourth-order valence-electron chi connectivity index (χ4n) is 10.1. The first-order valence-corrected chi connectivity index (χ1v) is 31.2. The van der Waals surface area contributed by atoms with E-state index in [-0.39, 0.29) is 73.2 Å². The van der Waals surface area contributed by atoms with Crippen LogP contribution in [0.2, 0.25) is 0 Å². The van der Waals surface area contributed by atoms with Crippen molar-refractivity contribution in [2.75, 3.05) is 63.0 Å². The standard InChI is InChI=1S/C35H41FN6O4.C26H26FN5O.C9H17NO4.ClH/c1-35(2,3)46-34(45)39-18-7-14-31(43)42-20-8-12-27(42)23-40-33(44)29-15-16-30(28-13-5-4-10-25(28)22-37)41-32(29)38-19-17-24-9-6-11-26(36)21-24;27-20-7-3-5-18(15-20)12-14-30-25-23(26(33)31-17-21-8-4-13-29-21)10-11-24(32-25)22-9-2-1-6-19(22)16-28;1-9(2,3)14-8(13)10-6-4-5-7(11)12;/h4-6,9-11,13,15-16,21,27H,7-8,12,14,17-20,23H2,1-3H3,(H,38,41)(H,39,45)(H,40,44);1-3,5-7,9-11,15,21,29H,4,8,12-14,17H2,(H,30,32)(H,31,33);4-6H2,1-3H3,(H,10,13)(H,11,12);1H. The third-order valence-electron chi connectivity index (χ3n) is 14.5. The zero-order valence-corrected chi connectivity index (χ0v) is 54.9. The van der Waals surface area contributed by atoms with Gasteiger partial charge in [-0.15, -0.1) is 12.4 Å². The van der Waals surface area contributed by atoms with Crippen molar-refractivity contribution >= 4 is 59.9 Å². The summed E-state index contributed by atoms with van der Waals surface area (Å²) in [6.07, 6.45) is 5.03. The van der Waals surface area contributed by atoms with Crippen LogP contribution in [-0.4, -0.2) is 131 Å². The second kappa shape index (κ2) is 37.7. The van der Waals surface area contributed by atoms with Gasteiger partial charge in [-0.05, 0) is 171 Å². The molecule has 8 rings (SSSR count). The molecule has 2 saturated heterocycles. The molecule has 4 heterocycles. The molecule has 2 fully saturated rings. The maximum atomic E-state index is 13.7. The van der Waals surface area contributed by atoms with Crippen LogP contribution >= 0.6 is 12.4 Å². The van der Waals surface area contributed by atoms with Gasteiger partial charge in [0.15, 0.2) is 0 Å². The number of amides is 5. The van der Waals surface area contributed by atoms with Gasteiger partial charge in [0, 0.05) is 81.9 Å². The number of rotatable bonds is 24. The molecule has 0 radical (unpaired) electrons. The topological polar surface area (TPSA) is 302 Å². The van der Waals surface area contributed by atoms with Gasteiger partial charge in [0.2, 0.25) is 5.91 Å². The van der Waals surface area contributed by atoms with Gasteiger partial charge in [0.05, 0.1) is 45.8 Å². The van der Waals surface area contributed by atoms with E-state index >= 15 is 0 Å². The first kappa shape index (κ1) is 75.0. The summed E-state index contributed by atoms with van der Waals surface area (Å²) in [6, 6.07) is 38.5. The van der Waals surface area contributed by atoms with Crippen LogP contribution in [0.5, 0.6) is 0 Å². The summed E-state index contributed by atoms with van der Waals surface area (Å²) in [4.78, 5) is 83.6. The van der Waals surface area contributed by atoms with Crippen LogP contribution in [0.1, 0.15) is 136 Å². The Bertz CT molecular complexity index is 3600. The summed E-state index contributed by atoms with van der Waals surface area (Å²) in [7, 11) is 0. The lowest BCUT2D eigenvalue weighted by molar-refractivity contribution is -0.137. The highest BCUT2D eigenvalue weighted by Crippen LogP contribution is 2.28. The average Bonchev–Trinajstić information content (AvgIpc) is 0.907. The maximum absolute atomic E-state index is 13.7. The number of hydrogen-bond acceptors (Lipinski definition) is 15. The number of pyridine rings is 2. The third kappa shape index (κ3) is 25.8. The van der Waals surface area contributed by atoms with Crippen LogP contribution in [0, 0.1) is 34.3 Å². The Labute approximate surface area is 554 Å². The number of alkyl carbamates (subject to hydrolysis) is 2. The first-order valence-electron chi connectivity index (χ1n) is 31.2. The second-order valence-corrected chi connectivity index (χ2v) is 24.2. The molecule has 2 aliphatic heterocycles. The Morgan fingerprint density at radius 2 is 1.09 bits per heavy atom. The molecule has 0 saturated carbocycles. The van der Waals surface area contributed by atoms with Gasteiger partial charge in [-0.2, -0.15) is 10.5 Å². The van der Waals surface area contributed by atoms with Crippen molar-refractivity contribution in [2.45, 2.75) is 129 Å². The van der Waals surface area contributed by atoms with Gasteiger partial charge >= 0.3 is 18.2 Å². The summed E-state index contributed by atoms with van der Waals surface area (Å²) >= 11 is 0. The molecule has 0 aliphatic carbocycles. The Morgan fingerprint density at radius 3 is 1.53 bits per heavy atom. The van der Waals surface area contributed by atoms with Crippen molar-refractivity contribution in [3.8, 4) is 34.7 Å². The van der Waals surface area contributed by atoms with Crippen LogP contribution in [0.4, 0.5) is 30.0 Å². The van der Waals surface area contributed by atoms with E-state index in [0.717, 1.165) is 43.4 Å². The normalized spacial score (nSPS) is 13.9. The van der Waals surface area contributed by atoms with Crippen LogP contribution in [-0.2, 0) is 31.9 Å². The number of benzene rings is 4. The Balaban J connectivity index is 0.000000290. The molecule has 2 aromatic heterocycles. The minimum absolute atomic E-state index is 0. The lowest BCUT2D eigenvalue weighted by atomic mass is 10.0. The molecule has 6 aromatic rings. The predicted octanol–water partition coefficient (Wildman–Crippen LogP) is 11.1. The number of carboxylic acid groups (broad SMARTS) is 1. The van der Waals surface area contributed by atoms with Crippen molar-refractivity contribution in [2.24, 2.45) is 0 Å². The van der Waals surface area contributed by atoms with E-state index in [1.165, 1.54) is 24.3 Å². The lowest BCUT2D eigenvalue weighted by Gasteiger charge is -2.25. The first-order chi connectivity index (χ1) is 44.5. The highest BCUT2D eigenvalue weighted by atomic mass is 35.5. The molecule has 8 N–H and O–H groups in total. The molecule has 21 nitrogen and oxygen atoms in total. The van der Waals surface area contributed by atoms with Gasteiger partial charge < -0.3 is 56.7 Å². The number of carbonyl (C=O) groups excluding carboxylic acids is 5. The van der Waals surface area contributed by atoms with E-state index in [1.54, 1.807) is 113 Å². The van der Waals surface area contributed by atoms with Crippen LogP contribution < -0.4 is 37.2 Å². The number of aromatic nitrogens is 2. The van der Waals surface area contributed by atoms with E-state index in [4.69, 9.17) is 19.6 Å². The number of carboxylic acids is 1. The summed E-state index contributed by atoms with van der Waals surface area (Å²) in [5.74, 6) is -1.25. The summed E-state index contributed by atoms with van der Waals surface area (Å²) in [5.41, 5.74) is 4.77. The number of anilines is 2. The molecule has 4 aromatic carbocycles. The molecule has 94 heavy (non-hydrogen) atoms. The number of aliphatic carboxylic acids is 1. The SMILES string of the molecule is CC(C)(C)OC(=O)NCCCC(=O)N1CCCC1CNC(=O)c1ccc(-c2ccccc2C#N)nc1NCCc1cccc(F)c1.CC(C)(C)OC(=O)NCCCC(=O)O.Cl.N#Cc1ccccc1-c1ccc(C(=O)NCC2CCCN2)c(NCCc2cccc(F)c2)n1. The number of likely N-dealkylation sites (tertiary alicyclic amines) is 1. The molecule has 24 heteroatoms. The van der Waals surface area contributed by atoms with Gasteiger partial charge in [0.1, 0.15) is 34.5 Å². The van der Waals surface area contributed by atoms with Gasteiger partial charge in [-0.3, -0.25) is 19.2 Å². The predicted molar refractivity (Wildman–Crippen MR) is 358 cm³/mol. The van der Waals surface area contributed by atoms with E-state index in [0.29, 0.717) is 121 Å². The van der Waals surface area contributed by atoms with Crippen molar-refractivity contribution in [3.63, 3.8) is 0 Å². The van der Waals surface area contributed by atoms with E-state index in [9.17, 15) is 48.1 Å². The average molecular weight is 1310 g/mol. The monoisotopic (exact) mass is 1310 g/mol. The lowest BCUT2D eigenvalue weighted by Crippen LogP contribution is -2.43. The fourth-order valence-corrected chi connectivity index (χ4v) is 10.1. The fraction of sp³-hybridized carbons (Fsp3) is 0.400. The van der Waals surface area contributed by atoms with Gasteiger partial charge in [-0.1, -0.05) is 60.7 Å². The van der Waals surface area contributed by atoms with Crippen LogP contribution in [0.15, 0.2) is 121 Å². The number of nitrogens with zero attached hydrogens (tertiary/aromatic N) is 5. The largest absolute Gasteiger partial charge is 0.481 e. The number of nitriles is 2. The number of nitrogens with one attached hydrogen (secondary N) is 7. The smallest absolute Gasteiger partial charge is 0.407 e. The molecule has 0 spiro atoms. The zero-order valence-electron chi connectivity index (χ0n) is 54.0. The van der Waals surface area contributed by atoms with Crippen LogP contribution in [0.3, 0.4) is 0 Å². The summed E-state index contributed by atoms with van der Waals surface area (Å²) < 4.78 is 37.4. The van der Waals surface area contributed by atoms with E-state index in [2.05, 4.69) is 54.3 Å². The van der Waals surface area contributed by atoms with Crippen molar-refractivity contribution in [3.05, 3.63) is 166 Å². The molecule has 0 bridgehead atoms. The molecule has 5 amide bonds. The van der Waals surface area contributed by atoms with Gasteiger partial charge in [0.25, 0.3) is 11.8 Å². The Morgan fingerprint density at radius 1 is 0.606 bits per heavy atom. The molecule has 500 valence electrons. The quantitative estimate of drug-likeness (QED) is 0.0261. The molecular weight excluding hydrogens is 1230 g/mol. The minimum atomic E-state index is -0.865. The second-order valence-electron chi connectivity index (χ2n) is 24.2. The number of ether oxygens (including phenoxy) is 2. The summed E-state index contributed by atoms with van der Waals surface area (Å²) in [5, 5.41) is 48.3. The highest BCUT2D eigenvalue weighted by molar-refractivity contribution is 6.00. The molecule has 2 unspecified atom stereocenters. The minimum Gasteiger partial charge on any atom is -0.481 e. The van der Waals surface area contributed by atoms with E-state index < -0.39 is 29.4 Å². The zero-order chi connectivity index (χ0) is 67.3. The van der Waals surface area contributed by atoms with Gasteiger partial charge in [-0.25, -0.2) is 28.3 Å². The van der Waals surface area contributed by atoms with Crippen molar-refractivity contribution in [1.82, 2.24) is 41.5 Å². The Hall–Kier alpha value is -9.71. The third-order valence-corrected chi connectivity index (χ3v) is 14.5. The number of hydrogen-bond donors (Lipinski definition) is 8. The number of halogens is 3.